The van der Waals surface area contributed by atoms with Crippen LogP contribution in [0.15, 0.2) is 42.5 Å². The largest absolute Gasteiger partial charge is 0.479 e. The zero-order chi connectivity index (χ0) is 49.0. The summed E-state index contributed by atoms with van der Waals surface area (Å²) in [4.78, 5) is 99.8. The smallest absolute Gasteiger partial charge is 0.330 e. The summed E-state index contributed by atoms with van der Waals surface area (Å²) in [6.45, 7) is 15.0. The molecule has 0 radical (unpaired) electrons. The van der Waals surface area contributed by atoms with Gasteiger partial charge >= 0.3 is 5.97 Å². The molecule has 2 fully saturated rings. The van der Waals surface area contributed by atoms with Crippen LogP contribution in [0.1, 0.15) is 118 Å². The van der Waals surface area contributed by atoms with Gasteiger partial charge < -0.3 is 35.0 Å². The minimum absolute atomic E-state index is 0.0395. The Bertz CT molecular complexity index is 1860. The highest BCUT2D eigenvalue weighted by Crippen LogP contribution is 2.52. The Kier molecular flexibility index (Phi) is 19.9. The van der Waals surface area contributed by atoms with Crippen LogP contribution < -0.4 is 10.6 Å². The van der Waals surface area contributed by atoms with E-state index in [0.717, 1.165) is 24.8 Å². The number of likely N-dealkylation sites (N-methyl/N-ethyl adjacent to an activating group) is 2. The van der Waals surface area contributed by atoms with Crippen molar-refractivity contribution in [2.45, 2.75) is 154 Å². The first kappa shape index (κ1) is 53.9. The highest BCUT2D eigenvalue weighted by Gasteiger charge is 2.63. The highest BCUT2D eigenvalue weighted by atomic mass is 16.5. The third kappa shape index (κ3) is 12.9. The third-order valence-electron chi connectivity index (χ3n) is 14.3. The number of methoxy groups -OCH3 is 2. The van der Waals surface area contributed by atoms with Crippen LogP contribution in [0.3, 0.4) is 0 Å². The quantitative estimate of drug-likeness (QED) is 0.0824. The predicted octanol–water partition coefficient (Wildman–Crippen LogP) is 4.62. The first-order valence-electron chi connectivity index (χ1n) is 24.0. The fourth-order valence-corrected chi connectivity index (χ4v) is 10.2. The Morgan fingerprint density at radius 1 is 0.879 bits per heavy atom. The van der Waals surface area contributed by atoms with Gasteiger partial charge in [0.05, 0.1) is 42.7 Å². The van der Waals surface area contributed by atoms with Crippen LogP contribution in [-0.2, 0) is 43.0 Å². The van der Waals surface area contributed by atoms with Gasteiger partial charge in [-0.2, -0.15) is 0 Å². The second kappa shape index (κ2) is 24.4. The second-order valence-corrected chi connectivity index (χ2v) is 19.5. The zero-order valence-corrected chi connectivity index (χ0v) is 41.3. The lowest BCUT2D eigenvalue weighted by Crippen LogP contribution is -2.60. The molecule has 0 aromatic heterocycles. The van der Waals surface area contributed by atoms with Crippen LogP contribution in [-0.4, -0.2) is 156 Å². The SMILES string of the molecule is CCC(C)C(C(CC(=O)N1CCC[C@H]1C(OC)C(C)C(=O)N[C@@]1(C(=O)O)C[C@@H]1c1ccccc1)OC)N(C)C(=O)C(NC(=O)C(C(C)C)N(C)CCCCCCN1C(=O)C=CC1=O)C(C)C. The van der Waals surface area contributed by atoms with Crippen LogP contribution in [0, 0.1) is 23.7 Å². The van der Waals surface area contributed by atoms with Gasteiger partial charge in [-0.05, 0) is 69.0 Å². The number of nitrogens with zero attached hydrogens (tertiary/aromatic N) is 4. The molecule has 368 valence electrons. The maximum Gasteiger partial charge on any atom is 0.330 e. The maximum absolute atomic E-state index is 14.6. The van der Waals surface area contributed by atoms with Crippen LogP contribution >= 0.6 is 0 Å². The van der Waals surface area contributed by atoms with E-state index in [1.165, 1.54) is 31.3 Å². The summed E-state index contributed by atoms with van der Waals surface area (Å²) in [5.74, 6) is -4.34. The Hall–Kier alpha value is -4.67. The fraction of sp³-hybridized carbons (Fsp3) is 0.700. The lowest BCUT2D eigenvalue weighted by atomic mass is 9.89. The molecule has 1 saturated carbocycles. The Morgan fingerprint density at radius 3 is 2.08 bits per heavy atom. The maximum atomic E-state index is 14.6. The van der Waals surface area contributed by atoms with E-state index in [4.69, 9.17) is 9.47 Å². The molecule has 16 heteroatoms. The molecule has 2 aliphatic heterocycles. The van der Waals surface area contributed by atoms with Crippen molar-refractivity contribution in [1.29, 1.82) is 0 Å². The van der Waals surface area contributed by atoms with Crippen molar-refractivity contribution in [3.8, 4) is 0 Å². The number of aliphatic carboxylic acids is 1. The van der Waals surface area contributed by atoms with Gasteiger partial charge in [-0.1, -0.05) is 98.1 Å². The van der Waals surface area contributed by atoms with E-state index < -0.39 is 59.7 Å². The number of carboxylic acid groups (broad SMARTS) is 1. The number of hydrogen-bond acceptors (Lipinski definition) is 10. The van der Waals surface area contributed by atoms with Crippen molar-refractivity contribution in [3.63, 3.8) is 0 Å². The van der Waals surface area contributed by atoms with E-state index in [1.54, 1.807) is 23.8 Å². The van der Waals surface area contributed by atoms with Gasteiger partial charge in [0.2, 0.25) is 23.6 Å². The first-order valence-corrected chi connectivity index (χ1v) is 24.0. The topological polar surface area (TPSA) is 195 Å². The van der Waals surface area contributed by atoms with Crippen molar-refractivity contribution < 1.29 is 48.1 Å². The van der Waals surface area contributed by atoms with Crippen molar-refractivity contribution >= 4 is 41.4 Å². The summed E-state index contributed by atoms with van der Waals surface area (Å²) < 4.78 is 12.0. The first-order chi connectivity index (χ1) is 31.3. The summed E-state index contributed by atoms with van der Waals surface area (Å²) in [6, 6.07) is 6.96. The molecule has 10 atom stereocenters. The molecular weight excluding hydrogens is 845 g/mol. The number of benzene rings is 1. The third-order valence-corrected chi connectivity index (χ3v) is 14.3. The molecule has 1 aromatic carbocycles. The molecule has 1 saturated heterocycles. The molecule has 2 heterocycles. The van der Waals surface area contributed by atoms with Gasteiger partial charge in [0.15, 0.2) is 0 Å². The zero-order valence-electron chi connectivity index (χ0n) is 41.3. The molecule has 3 aliphatic rings. The van der Waals surface area contributed by atoms with Crippen LogP contribution in [0.25, 0.3) is 0 Å². The number of rotatable bonds is 27. The number of carboxylic acids is 1. The van der Waals surface area contributed by atoms with Gasteiger partial charge in [0.1, 0.15) is 11.6 Å². The number of unbranched alkanes of at least 4 members (excludes halogenated alkanes) is 3. The van der Waals surface area contributed by atoms with Gasteiger partial charge in [-0.25, -0.2) is 4.79 Å². The molecule has 1 aliphatic carbocycles. The number of carbonyl (C=O) groups is 7. The summed E-state index contributed by atoms with van der Waals surface area (Å²) in [5, 5.41) is 16.2. The molecular formula is C50H78N6O10. The van der Waals surface area contributed by atoms with Gasteiger partial charge in [-0.3, -0.25) is 38.6 Å². The van der Waals surface area contributed by atoms with Crippen molar-refractivity contribution in [2.75, 3.05) is 47.9 Å². The number of likely N-dealkylation sites (tertiary alicyclic amines) is 1. The predicted molar refractivity (Wildman–Crippen MR) is 251 cm³/mol. The highest BCUT2D eigenvalue weighted by molar-refractivity contribution is 6.12. The molecule has 7 unspecified atom stereocenters. The molecule has 6 amide bonds. The molecule has 16 nitrogen and oxygen atoms in total. The summed E-state index contributed by atoms with van der Waals surface area (Å²) >= 11 is 0. The standard InChI is InChI=1S/C50H78N6O10/c1-12-33(6)44(54(9)48(62)42(31(2)3)51-47(61)43(32(4)5)53(8)26-18-13-14-19-27-56-39(57)24-25-40(56)58)38(65-10)29-41(59)55-28-20-23-37(55)45(66-11)34(7)46(60)52-50(49(63)64)30-36(50)35-21-16-15-17-22-35/h15-17,21-22,24-25,31-34,36-38,42-45H,12-14,18-20,23,26-30H2,1-11H3,(H,51,61)(H,52,60)(H,63,64)/t33?,34?,36-,37+,38?,42?,43?,44?,45?,50+/m1/s1. The van der Waals surface area contributed by atoms with E-state index in [1.807, 2.05) is 83.8 Å². The lowest BCUT2D eigenvalue weighted by molar-refractivity contribution is -0.148. The van der Waals surface area contributed by atoms with Crippen LogP contribution in [0.2, 0.25) is 0 Å². The van der Waals surface area contributed by atoms with Crippen molar-refractivity contribution in [3.05, 3.63) is 48.0 Å². The van der Waals surface area contributed by atoms with Crippen LogP contribution in [0.5, 0.6) is 0 Å². The number of ether oxygens (including phenoxy) is 2. The van der Waals surface area contributed by atoms with Crippen LogP contribution in [0.4, 0.5) is 0 Å². The monoisotopic (exact) mass is 923 g/mol. The lowest BCUT2D eigenvalue weighted by Gasteiger charge is -2.41. The minimum atomic E-state index is -1.41. The van der Waals surface area contributed by atoms with E-state index in [2.05, 4.69) is 10.6 Å². The molecule has 4 rings (SSSR count). The van der Waals surface area contributed by atoms with E-state index in [9.17, 15) is 38.7 Å². The average molecular weight is 923 g/mol. The Morgan fingerprint density at radius 2 is 1.52 bits per heavy atom. The summed E-state index contributed by atoms with van der Waals surface area (Å²) in [5.41, 5.74) is -0.571. The number of imide groups is 1. The average Bonchev–Trinajstić information content (AvgIpc) is 3.65. The molecule has 1 aromatic rings. The normalized spacial score (nSPS) is 22.6. The van der Waals surface area contributed by atoms with Gasteiger partial charge in [0, 0.05) is 52.4 Å². The summed E-state index contributed by atoms with van der Waals surface area (Å²) in [7, 11) is 6.66. The molecule has 0 bridgehead atoms. The minimum Gasteiger partial charge on any atom is -0.479 e. The van der Waals surface area contributed by atoms with Crippen molar-refractivity contribution in [1.82, 2.24) is 30.2 Å². The molecule has 3 N–H and O–H groups in total. The molecule has 0 spiro atoms. The number of hydrogen-bond donors (Lipinski definition) is 3. The fourth-order valence-electron chi connectivity index (χ4n) is 10.2. The Balaban J connectivity index is 1.40. The van der Waals surface area contributed by atoms with Gasteiger partial charge in [0.25, 0.3) is 11.8 Å². The second-order valence-electron chi connectivity index (χ2n) is 19.5. The van der Waals surface area contributed by atoms with Crippen molar-refractivity contribution in [2.24, 2.45) is 23.7 Å². The number of nitrogens with one attached hydrogen (secondary N) is 2. The van der Waals surface area contributed by atoms with E-state index in [-0.39, 0.29) is 66.0 Å². The number of amides is 6. The van der Waals surface area contributed by atoms with E-state index >= 15 is 0 Å². The number of carbonyl (C=O) groups excluding carboxylic acids is 6. The molecule has 66 heavy (non-hydrogen) atoms. The van der Waals surface area contributed by atoms with E-state index in [0.29, 0.717) is 45.3 Å². The Labute approximate surface area is 392 Å². The summed E-state index contributed by atoms with van der Waals surface area (Å²) in [6.07, 6.45) is 6.62. The van der Waals surface area contributed by atoms with Gasteiger partial charge in [-0.15, -0.1) is 0 Å².